The molecule has 0 saturated carbocycles. The molecule has 15 heavy (non-hydrogen) atoms. The fourth-order valence-electron chi connectivity index (χ4n) is 1.26. The Labute approximate surface area is 88.9 Å². The van der Waals surface area contributed by atoms with Gasteiger partial charge in [-0.15, -0.1) is 5.48 Å². The molecule has 1 aliphatic rings. The van der Waals surface area contributed by atoms with Crippen molar-refractivity contribution in [1.29, 1.82) is 0 Å². The Bertz CT molecular complexity index is 245. The first-order valence-electron chi connectivity index (χ1n) is 4.94. The zero-order valence-corrected chi connectivity index (χ0v) is 9.00. The number of carbonyl (C=O) groups is 1. The Balaban J connectivity index is 2.43. The first-order chi connectivity index (χ1) is 7.22. The number of hydrazine groups is 1. The van der Waals surface area contributed by atoms with Gasteiger partial charge in [-0.05, 0) is 12.5 Å². The van der Waals surface area contributed by atoms with Crippen LogP contribution in [0.4, 0.5) is 4.79 Å². The van der Waals surface area contributed by atoms with Gasteiger partial charge >= 0.3 is 6.09 Å². The second-order valence-electron chi connectivity index (χ2n) is 3.34. The Kier molecular flexibility index (Phi) is 4.38. The minimum Gasteiger partial charge on any atom is -0.452 e. The van der Waals surface area contributed by atoms with Gasteiger partial charge in [0.1, 0.15) is 11.9 Å². The van der Waals surface area contributed by atoms with Gasteiger partial charge in [-0.25, -0.2) is 10.2 Å². The number of amides is 1. The number of rotatable bonds is 5. The maximum Gasteiger partial charge on any atom is 0.421 e. The number of unbranched alkanes of at least 4 members (excludes halogenated alkanes) is 1. The zero-order valence-electron chi connectivity index (χ0n) is 9.00. The highest BCUT2D eigenvalue weighted by molar-refractivity contribution is 5.66. The van der Waals surface area contributed by atoms with Crippen molar-refractivity contribution in [3.8, 4) is 0 Å². The Morgan fingerprint density at radius 2 is 2.47 bits per heavy atom. The van der Waals surface area contributed by atoms with Crippen molar-refractivity contribution in [2.45, 2.75) is 31.8 Å². The van der Waals surface area contributed by atoms with Gasteiger partial charge in [0.25, 0.3) is 0 Å². The third-order valence-electron chi connectivity index (χ3n) is 2.16. The summed E-state index contributed by atoms with van der Waals surface area (Å²) < 4.78 is 4.45. The van der Waals surface area contributed by atoms with Crippen molar-refractivity contribution < 1.29 is 14.4 Å². The van der Waals surface area contributed by atoms with E-state index in [1.165, 1.54) is 7.11 Å². The lowest BCUT2D eigenvalue weighted by Gasteiger charge is -2.27. The molecule has 0 saturated heterocycles. The molecule has 0 aromatic rings. The summed E-state index contributed by atoms with van der Waals surface area (Å²) in [6.45, 7) is 2.10. The summed E-state index contributed by atoms with van der Waals surface area (Å²) in [6.07, 6.45) is 5.71. The summed E-state index contributed by atoms with van der Waals surface area (Å²) in [5, 5.41) is 0. The van der Waals surface area contributed by atoms with E-state index in [2.05, 4.69) is 28.0 Å². The number of ether oxygens (including phenoxy) is 1. The lowest BCUT2D eigenvalue weighted by molar-refractivity contribution is 0.0643. The summed E-state index contributed by atoms with van der Waals surface area (Å²) in [5.41, 5.74) is 7.51. The predicted molar refractivity (Wildman–Crippen MR) is 54.3 cm³/mol. The van der Waals surface area contributed by atoms with Crippen LogP contribution in [0.3, 0.4) is 0 Å². The molecule has 0 aromatic heterocycles. The molecular weight excluding hydrogens is 198 g/mol. The molecule has 1 heterocycles. The second-order valence-corrected chi connectivity index (χ2v) is 3.34. The monoisotopic (exact) mass is 215 g/mol. The van der Waals surface area contributed by atoms with E-state index in [-0.39, 0.29) is 0 Å². The maximum absolute atomic E-state index is 10.9. The van der Waals surface area contributed by atoms with E-state index in [9.17, 15) is 4.79 Å². The number of carbonyl (C=O) groups excluding carboxylic acids is 1. The van der Waals surface area contributed by atoms with Crippen molar-refractivity contribution >= 4 is 6.09 Å². The van der Waals surface area contributed by atoms with E-state index in [0.29, 0.717) is 0 Å². The molecular formula is C9H17N3O3. The molecule has 1 atom stereocenters. The van der Waals surface area contributed by atoms with Crippen molar-refractivity contribution in [2.75, 3.05) is 7.11 Å². The van der Waals surface area contributed by atoms with Gasteiger partial charge in [0.05, 0.1) is 7.11 Å². The summed E-state index contributed by atoms with van der Waals surface area (Å²) in [6, 6.07) is 0. The van der Waals surface area contributed by atoms with Crippen LogP contribution < -0.4 is 16.3 Å². The van der Waals surface area contributed by atoms with Crippen LogP contribution in [0.15, 0.2) is 12.3 Å². The number of methoxy groups -OCH3 is 1. The Hall–Kier alpha value is -1.27. The van der Waals surface area contributed by atoms with E-state index in [1.54, 1.807) is 6.26 Å². The molecule has 0 aliphatic carbocycles. The summed E-state index contributed by atoms with van der Waals surface area (Å²) in [7, 11) is 1.31. The standard InChI is InChI=1S/C9H17N3O3/c1-3-4-5-9(6-7-15-12-9)11-10-8(13)14-2/h6-7,11-12H,3-5H2,1-2H3,(H,10,13). The highest BCUT2D eigenvalue weighted by Gasteiger charge is 2.30. The van der Waals surface area contributed by atoms with Crippen LogP contribution in [0.2, 0.25) is 0 Å². The SMILES string of the molecule is CCCCC1(NNC(=O)OC)C=CON1. The Morgan fingerprint density at radius 1 is 1.67 bits per heavy atom. The van der Waals surface area contributed by atoms with Gasteiger partial charge in [-0.3, -0.25) is 5.43 Å². The molecule has 0 spiro atoms. The lowest BCUT2D eigenvalue weighted by Crippen LogP contribution is -2.59. The fourth-order valence-corrected chi connectivity index (χ4v) is 1.26. The zero-order chi connectivity index (χ0) is 11.1. The average molecular weight is 215 g/mol. The van der Waals surface area contributed by atoms with Crippen LogP contribution in [0.5, 0.6) is 0 Å². The number of nitrogens with one attached hydrogen (secondary N) is 3. The molecule has 1 amide bonds. The van der Waals surface area contributed by atoms with Crippen molar-refractivity contribution in [3.05, 3.63) is 12.3 Å². The first kappa shape index (κ1) is 11.8. The van der Waals surface area contributed by atoms with Gasteiger partial charge < -0.3 is 9.57 Å². The average Bonchev–Trinajstić information content (AvgIpc) is 2.72. The highest BCUT2D eigenvalue weighted by atomic mass is 16.7. The predicted octanol–water partition coefficient (Wildman–Crippen LogP) is 0.782. The van der Waals surface area contributed by atoms with Crippen LogP contribution in [-0.4, -0.2) is 18.9 Å². The molecule has 0 fully saturated rings. The van der Waals surface area contributed by atoms with Crippen molar-refractivity contribution in [1.82, 2.24) is 16.3 Å². The van der Waals surface area contributed by atoms with E-state index >= 15 is 0 Å². The number of hydrogen-bond donors (Lipinski definition) is 3. The van der Waals surface area contributed by atoms with E-state index in [0.717, 1.165) is 19.3 Å². The third-order valence-corrected chi connectivity index (χ3v) is 2.16. The van der Waals surface area contributed by atoms with Crippen LogP contribution in [0, 0.1) is 0 Å². The summed E-state index contributed by atoms with van der Waals surface area (Å²) in [5.74, 6) is 0. The normalized spacial score (nSPS) is 23.6. The summed E-state index contributed by atoms with van der Waals surface area (Å²) >= 11 is 0. The molecule has 1 rings (SSSR count). The number of hydroxylamine groups is 1. The second kappa shape index (κ2) is 5.57. The quantitative estimate of drug-likeness (QED) is 0.591. The molecule has 6 heteroatoms. The molecule has 0 bridgehead atoms. The molecule has 0 aromatic carbocycles. The molecule has 1 unspecified atom stereocenters. The van der Waals surface area contributed by atoms with Crippen LogP contribution in [0.25, 0.3) is 0 Å². The third kappa shape index (κ3) is 3.41. The summed E-state index contributed by atoms with van der Waals surface area (Å²) in [4.78, 5) is 15.8. The number of hydrogen-bond acceptors (Lipinski definition) is 5. The van der Waals surface area contributed by atoms with Crippen LogP contribution >= 0.6 is 0 Å². The van der Waals surface area contributed by atoms with Gasteiger partial charge in [0.15, 0.2) is 0 Å². The molecule has 3 N–H and O–H groups in total. The molecule has 86 valence electrons. The lowest BCUT2D eigenvalue weighted by atomic mass is 10.1. The van der Waals surface area contributed by atoms with Crippen LogP contribution in [0.1, 0.15) is 26.2 Å². The van der Waals surface area contributed by atoms with Gasteiger partial charge in [0.2, 0.25) is 0 Å². The van der Waals surface area contributed by atoms with E-state index < -0.39 is 11.8 Å². The van der Waals surface area contributed by atoms with E-state index in [4.69, 9.17) is 4.84 Å². The van der Waals surface area contributed by atoms with Crippen molar-refractivity contribution in [3.63, 3.8) is 0 Å². The smallest absolute Gasteiger partial charge is 0.421 e. The highest BCUT2D eigenvalue weighted by Crippen LogP contribution is 2.16. The molecule has 6 nitrogen and oxygen atoms in total. The van der Waals surface area contributed by atoms with Crippen LogP contribution in [-0.2, 0) is 9.57 Å². The largest absolute Gasteiger partial charge is 0.452 e. The topological polar surface area (TPSA) is 71.6 Å². The van der Waals surface area contributed by atoms with Gasteiger partial charge in [-0.2, -0.15) is 0 Å². The Morgan fingerprint density at radius 3 is 3.00 bits per heavy atom. The van der Waals surface area contributed by atoms with Gasteiger partial charge in [0, 0.05) is 0 Å². The maximum atomic E-state index is 10.9. The molecule has 1 aliphatic heterocycles. The van der Waals surface area contributed by atoms with E-state index in [1.807, 2.05) is 6.08 Å². The molecule has 0 radical (unpaired) electrons. The van der Waals surface area contributed by atoms with Crippen molar-refractivity contribution in [2.24, 2.45) is 0 Å². The first-order valence-corrected chi connectivity index (χ1v) is 4.94. The minimum atomic E-state index is -0.537. The fraction of sp³-hybridized carbons (Fsp3) is 0.667. The minimum absolute atomic E-state index is 0.534. The van der Waals surface area contributed by atoms with Gasteiger partial charge in [-0.1, -0.05) is 19.8 Å².